The lowest BCUT2D eigenvalue weighted by atomic mass is 10.0. The van der Waals surface area contributed by atoms with Crippen molar-refractivity contribution in [1.29, 1.82) is 0 Å². The number of methoxy groups -OCH3 is 1. The van der Waals surface area contributed by atoms with E-state index in [0.29, 0.717) is 18.0 Å². The quantitative estimate of drug-likeness (QED) is 0.359. The molecular weight excluding hydrogens is 502 g/mol. The summed E-state index contributed by atoms with van der Waals surface area (Å²) in [5.41, 5.74) is 2.05. The number of hydrogen-bond acceptors (Lipinski definition) is 5. The van der Waals surface area contributed by atoms with E-state index in [-0.39, 0.29) is 18.9 Å². The van der Waals surface area contributed by atoms with Crippen molar-refractivity contribution in [3.05, 3.63) is 96.1 Å². The van der Waals surface area contributed by atoms with Gasteiger partial charge in [-0.05, 0) is 41.8 Å². The van der Waals surface area contributed by atoms with Crippen LogP contribution in [-0.4, -0.2) is 57.6 Å². The van der Waals surface area contributed by atoms with Gasteiger partial charge in [-0.25, -0.2) is 8.42 Å². The Morgan fingerprint density at radius 3 is 2.00 bits per heavy atom. The predicted molar refractivity (Wildman–Crippen MR) is 149 cm³/mol. The molecule has 0 spiro atoms. The van der Waals surface area contributed by atoms with Crippen molar-refractivity contribution >= 4 is 27.5 Å². The topological polar surface area (TPSA) is 96.0 Å². The average Bonchev–Trinajstić information content (AvgIpc) is 2.92. The summed E-state index contributed by atoms with van der Waals surface area (Å²) >= 11 is 0. The minimum atomic E-state index is -3.81. The van der Waals surface area contributed by atoms with Gasteiger partial charge in [0.1, 0.15) is 18.3 Å². The smallest absolute Gasteiger partial charge is 0.244 e. The number of carbonyl (C=O) groups excluding carboxylic acids is 2. The SMILES string of the molecule is CCCNC(=O)[C@H](Cc1ccccc1)N(Cc1ccccc1)C(=O)CN(c1ccc(OC)cc1)S(C)(=O)=O. The normalized spacial score (nSPS) is 11.9. The van der Waals surface area contributed by atoms with E-state index in [1.165, 1.54) is 12.0 Å². The van der Waals surface area contributed by atoms with E-state index < -0.39 is 28.5 Å². The largest absolute Gasteiger partial charge is 0.497 e. The molecule has 1 atom stereocenters. The van der Waals surface area contributed by atoms with Gasteiger partial charge in [-0.3, -0.25) is 13.9 Å². The Labute approximate surface area is 225 Å². The van der Waals surface area contributed by atoms with E-state index in [1.807, 2.05) is 67.6 Å². The lowest BCUT2D eigenvalue weighted by Crippen LogP contribution is -2.53. The fraction of sp³-hybridized carbons (Fsp3) is 0.310. The molecule has 0 aliphatic heterocycles. The minimum absolute atomic E-state index is 0.150. The van der Waals surface area contributed by atoms with Crippen molar-refractivity contribution in [3.63, 3.8) is 0 Å². The molecule has 2 amide bonds. The second-order valence-electron chi connectivity index (χ2n) is 8.97. The number of hydrogen-bond donors (Lipinski definition) is 1. The zero-order chi connectivity index (χ0) is 27.5. The zero-order valence-electron chi connectivity index (χ0n) is 22.0. The highest BCUT2D eigenvalue weighted by Gasteiger charge is 2.32. The Morgan fingerprint density at radius 2 is 1.47 bits per heavy atom. The van der Waals surface area contributed by atoms with E-state index >= 15 is 0 Å². The first-order valence-corrected chi connectivity index (χ1v) is 14.3. The standard InChI is InChI=1S/C29H35N3O5S/c1-4-19-30-29(34)27(20-23-11-7-5-8-12-23)31(21-24-13-9-6-10-14-24)28(33)22-32(38(3,35)36)25-15-17-26(37-2)18-16-25/h5-18,27H,4,19-22H2,1-3H3,(H,30,34)/t27-/m0/s1. The van der Waals surface area contributed by atoms with E-state index in [1.54, 1.807) is 24.3 Å². The molecule has 0 bridgehead atoms. The number of amides is 2. The summed E-state index contributed by atoms with van der Waals surface area (Å²) in [5, 5.41) is 2.92. The maximum atomic E-state index is 13.9. The summed E-state index contributed by atoms with van der Waals surface area (Å²) in [5.74, 6) is -0.201. The van der Waals surface area contributed by atoms with Crippen molar-refractivity contribution in [3.8, 4) is 5.75 Å². The third-order valence-electron chi connectivity index (χ3n) is 6.06. The molecular formula is C29H35N3O5S. The molecule has 0 heterocycles. The number of rotatable bonds is 13. The van der Waals surface area contributed by atoms with Crippen molar-refractivity contribution in [2.45, 2.75) is 32.4 Å². The van der Waals surface area contributed by atoms with Crippen LogP contribution in [0.4, 0.5) is 5.69 Å². The molecule has 0 aromatic heterocycles. The molecule has 3 aromatic rings. The van der Waals surface area contributed by atoms with Crippen molar-refractivity contribution in [1.82, 2.24) is 10.2 Å². The highest BCUT2D eigenvalue weighted by molar-refractivity contribution is 7.92. The van der Waals surface area contributed by atoms with Gasteiger partial charge in [0.2, 0.25) is 21.8 Å². The number of sulfonamides is 1. The second-order valence-corrected chi connectivity index (χ2v) is 10.9. The molecule has 0 saturated heterocycles. The van der Waals surface area contributed by atoms with E-state index in [9.17, 15) is 18.0 Å². The van der Waals surface area contributed by atoms with E-state index in [4.69, 9.17) is 4.74 Å². The van der Waals surface area contributed by atoms with Gasteiger partial charge in [0.05, 0.1) is 19.1 Å². The molecule has 0 aliphatic carbocycles. The molecule has 202 valence electrons. The number of carbonyl (C=O) groups is 2. The highest BCUT2D eigenvalue weighted by atomic mass is 32.2. The first-order valence-electron chi connectivity index (χ1n) is 12.5. The van der Waals surface area contributed by atoms with Crippen LogP contribution < -0.4 is 14.4 Å². The van der Waals surface area contributed by atoms with Crippen molar-refractivity contribution in [2.75, 3.05) is 30.8 Å². The fourth-order valence-electron chi connectivity index (χ4n) is 4.06. The molecule has 3 rings (SSSR count). The van der Waals surface area contributed by atoms with Gasteiger partial charge in [0, 0.05) is 19.5 Å². The van der Waals surface area contributed by atoms with Gasteiger partial charge in [0.25, 0.3) is 0 Å². The van der Waals surface area contributed by atoms with Gasteiger partial charge in [0.15, 0.2) is 0 Å². The molecule has 0 unspecified atom stereocenters. The maximum Gasteiger partial charge on any atom is 0.244 e. The van der Waals surface area contributed by atoms with Crippen LogP contribution in [0.5, 0.6) is 5.75 Å². The summed E-state index contributed by atoms with van der Waals surface area (Å²) < 4.78 is 31.8. The van der Waals surface area contributed by atoms with Crippen molar-refractivity contribution < 1.29 is 22.7 Å². The Balaban J connectivity index is 2.00. The number of benzene rings is 3. The molecule has 38 heavy (non-hydrogen) atoms. The fourth-order valence-corrected chi connectivity index (χ4v) is 4.91. The van der Waals surface area contributed by atoms with Crippen LogP contribution in [0, 0.1) is 0 Å². The minimum Gasteiger partial charge on any atom is -0.497 e. The third kappa shape index (κ3) is 8.08. The van der Waals surface area contributed by atoms with Crippen molar-refractivity contribution in [2.24, 2.45) is 0 Å². The average molecular weight is 538 g/mol. The Kier molecular flexibility index (Phi) is 10.3. The molecule has 0 aliphatic rings. The highest BCUT2D eigenvalue weighted by Crippen LogP contribution is 2.23. The summed E-state index contributed by atoms with van der Waals surface area (Å²) in [4.78, 5) is 28.8. The van der Waals surface area contributed by atoms with Crippen LogP contribution in [0.15, 0.2) is 84.9 Å². The number of ether oxygens (including phenoxy) is 1. The van der Waals surface area contributed by atoms with Crippen LogP contribution in [0.25, 0.3) is 0 Å². The summed E-state index contributed by atoms with van der Waals surface area (Å²) in [6.45, 7) is 2.12. The monoisotopic (exact) mass is 537 g/mol. The Morgan fingerprint density at radius 1 is 0.895 bits per heavy atom. The summed E-state index contributed by atoms with van der Waals surface area (Å²) in [7, 11) is -2.29. The van der Waals surface area contributed by atoms with Crippen LogP contribution in [-0.2, 0) is 32.6 Å². The van der Waals surface area contributed by atoms with E-state index in [0.717, 1.165) is 28.1 Å². The molecule has 3 aromatic carbocycles. The molecule has 8 nitrogen and oxygen atoms in total. The van der Waals surface area contributed by atoms with E-state index in [2.05, 4.69) is 5.32 Å². The van der Waals surface area contributed by atoms with Gasteiger partial charge >= 0.3 is 0 Å². The third-order valence-corrected chi connectivity index (χ3v) is 7.20. The van der Waals surface area contributed by atoms with Gasteiger partial charge in [-0.15, -0.1) is 0 Å². The molecule has 9 heteroatoms. The Bertz CT molecular complexity index is 1280. The molecule has 0 saturated carbocycles. The van der Waals surface area contributed by atoms with Gasteiger partial charge < -0.3 is 15.0 Å². The number of anilines is 1. The molecule has 0 fully saturated rings. The van der Waals surface area contributed by atoms with Crippen LogP contribution >= 0.6 is 0 Å². The van der Waals surface area contributed by atoms with Gasteiger partial charge in [-0.1, -0.05) is 67.6 Å². The lowest BCUT2D eigenvalue weighted by molar-refractivity contribution is -0.140. The van der Waals surface area contributed by atoms with Crippen LogP contribution in [0.1, 0.15) is 24.5 Å². The number of nitrogens with one attached hydrogen (secondary N) is 1. The molecule has 1 N–H and O–H groups in total. The summed E-state index contributed by atoms with van der Waals surface area (Å²) in [6.07, 6.45) is 2.09. The first-order chi connectivity index (χ1) is 18.2. The zero-order valence-corrected chi connectivity index (χ0v) is 22.9. The first kappa shape index (κ1) is 28.7. The van der Waals surface area contributed by atoms with Crippen LogP contribution in [0.3, 0.4) is 0 Å². The number of nitrogens with zero attached hydrogens (tertiary/aromatic N) is 2. The molecule has 0 radical (unpaired) electrons. The Hall–Kier alpha value is -3.85. The lowest BCUT2D eigenvalue weighted by Gasteiger charge is -2.33. The second kappa shape index (κ2) is 13.6. The predicted octanol–water partition coefficient (Wildman–Crippen LogP) is 3.63. The van der Waals surface area contributed by atoms with Gasteiger partial charge in [-0.2, -0.15) is 0 Å². The maximum absolute atomic E-state index is 13.9. The van der Waals surface area contributed by atoms with Crippen LogP contribution in [0.2, 0.25) is 0 Å². The summed E-state index contributed by atoms with van der Waals surface area (Å²) in [6, 6.07) is 24.4.